The molecule has 0 saturated heterocycles. The predicted molar refractivity (Wildman–Crippen MR) is 73.4 cm³/mol. The van der Waals surface area contributed by atoms with Crippen molar-refractivity contribution < 1.29 is 9.53 Å². The van der Waals surface area contributed by atoms with Crippen molar-refractivity contribution >= 4 is 34.6 Å². The van der Waals surface area contributed by atoms with Crippen LogP contribution in [-0.4, -0.2) is 30.2 Å². The Hall–Kier alpha value is -1.40. The summed E-state index contributed by atoms with van der Waals surface area (Å²) in [6, 6.07) is 6.59. The zero-order valence-corrected chi connectivity index (χ0v) is 11.1. The van der Waals surface area contributed by atoms with E-state index >= 15 is 0 Å². The largest absolute Gasteiger partial charge is 0.473 e. The summed E-state index contributed by atoms with van der Waals surface area (Å²) in [5, 5.41) is 6.50. The van der Waals surface area contributed by atoms with E-state index in [0.717, 1.165) is 12.3 Å². The molecule has 0 bridgehead atoms. The van der Waals surface area contributed by atoms with Crippen LogP contribution in [0.25, 0.3) is 0 Å². The third kappa shape index (κ3) is 4.12. The van der Waals surface area contributed by atoms with Crippen molar-refractivity contribution in [2.45, 2.75) is 0 Å². The summed E-state index contributed by atoms with van der Waals surface area (Å²) in [6.45, 7) is 0.840. The second-order valence-corrected chi connectivity index (χ2v) is 4.93. The second kappa shape index (κ2) is 6.51. The van der Waals surface area contributed by atoms with E-state index in [9.17, 15) is 4.79 Å². The zero-order valence-electron chi connectivity index (χ0n) is 9.48. The topological polar surface area (TPSA) is 62.7 Å². The number of carbonyl (C=O) groups is 1. The Morgan fingerprint density at radius 3 is 2.89 bits per heavy atom. The van der Waals surface area contributed by atoms with Crippen molar-refractivity contribution in [1.29, 1.82) is 0 Å². The molecule has 1 aliphatic heterocycles. The molecule has 0 aliphatic carbocycles. The lowest BCUT2D eigenvalue weighted by Crippen LogP contribution is -2.39. The van der Waals surface area contributed by atoms with Crippen LogP contribution in [0.3, 0.4) is 0 Å². The number of benzene rings is 1. The maximum Gasteiger partial charge on any atom is 0.323 e. The van der Waals surface area contributed by atoms with Crippen molar-refractivity contribution in [2.75, 3.05) is 19.0 Å². The van der Waals surface area contributed by atoms with Gasteiger partial charge in [-0.05, 0) is 24.3 Å². The molecule has 0 saturated carbocycles. The summed E-state index contributed by atoms with van der Waals surface area (Å²) in [6.07, 6.45) is 0. The molecule has 0 unspecified atom stereocenters. The van der Waals surface area contributed by atoms with Gasteiger partial charge in [0, 0.05) is 10.8 Å². The number of carbonyl (C=O) groups excluding carboxylic acids is 1. The standard InChI is InChI=1S/C11H12ClN3O2S/c12-8-1-3-9(4-2-8)17-7-14-10(16)15-11-13-5-6-18-11/h1-4H,5-7H2,(H2,13,14,15,16). The number of halogens is 1. The first-order valence-electron chi connectivity index (χ1n) is 5.34. The van der Waals surface area contributed by atoms with Gasteiger partial charge in [-0.2, -0.15) is 0 Å². The molecular formula is C11H12ClN3O2S. The molecule has 2 rings (SSSR count). The maximum atomic E-state index is 11.4. The van der Waals surface area contributed by atoms with Crippen LogP contribution in [-0.2, 0) is 0 Å². The highest BCUT2D eigenvalue weighted by molar-refractivity contribution is 8.14. The lowest BCUT2D eigenvalue weighted by molar-refractivity contribution is 0.228. The molecule has 1 aromatic carbocycles. The summed E-state index contributed by atoms with van der Waals surface area (Å²) in [5.41, 5.74) is 0. The number of thioether (sulfide) groups is 1. The number of urea groups is 1. The Kier molecular flexibility index (Phi) is 4.72. The van der Waals surface area contributed by atoms with Crippen LogP contribution in [0.15, 0.2) is 29.3 Å². The summed E-state index contributed by atoms with van der Waals surface area (Å²) in [5.74, 6) is 1.56. The molecule has 0 fully saturated rings. The van der Waals surface area contributed by atoms with E-state index in [4.69, 9.17) is 16.3 Å². The highest BCUT2D eigenvalue weighted by atomic mass is 35.5. The summed E-state index contributed by atoms with van der Waals surface area (Å²) < 4.78 is 5.32. The van der Waals surface area contributed by atoms with E-state index in [2.05, 4.69) is 15.6 Å². The molecule has 1 heterocycles. The Morgan fingerprint density at radius 1 is 1.44 bits per heavy atom. The van der Waals surface area contributed by atoms with E-state index in [0.29, 0.717) is 15.9 Å². The Morgan fingerprint density at radius 2 is 2.22 bits per heavy atom. The number of amidine groups is 1. The summed E-state index contributed by atoms with van der Waals surface area (Å²) in [4.78, 5) is 15.5. The van der Waals surface area contributed by atoms with E-state index < -0.39 is 0 Å². The normalized spacial score (nSPS) is 13.9. The van der Waals surface area contributed by atoms with Crippen molar-refractivity contribution in [3.63, 3.8) is 0 Å². The van der Waals surface area contributed by atoms with Gasteiger partial charge < -0.3 is 10.1 Å². The SMILES string of the molecule is O=C(NCOc1ccc(Cl)cc1)NC1=NCCS1. The van der Waals surface area contributed by atoms with Gasteiger partial charge in [0.15, 0.2) is 11.9 Å². The van der Waals surface area contributed by atoms with Crippen LogP contribution in [0.4, 0.5) is 4.79 Å². The Bertz CT molecular complexity index is 450. The van der Waals surface area contributed by atoms with Crippen molar-refractivity contribution in [3.8, 4) is 5.75 Å². The number of hydrogen-bond donors (Lipinski definition) is 2. The second-order valence-electron chi connectivity index (χ2n) is 3.41. The molecular weight excluding hydrogens is 274 g/mol. The zero-order chi connectivity index (χ0) is 12.8. The minimum Gasteiger partial charge on any atom is -0.473 e. The van der Waals surface area contributed by atoms with Gasteiger partial charge in [0.2, 0.25) is 0 Å². The number of amides is 2. The van der Waals surface area contributed by atoms with Crippen LogP contribution in [0, 0.1) is 0 Å². The molecule has 0 radical (unpaired) electrons. The molecule has 1 aliphatic rings. The van der Waals surface area contributed by atoms with Gasteiger partial charge >= 0.3 is 6.03 Å². The van der Waals surface area contributed by atoms with E-state index in [-0.39, 0.29) is 12.8 Å². The number of ether oxygens (including phenoxy) is 1. The van der Waals surface area contributed by atoms with Gasteiger partial charge in [0.05, 0.1) is 6.54 Å². The lowest BCUT2D eigenvalue weighted by Gasteiger charge is -2.08. The molecule has 7 heteroatoms. The first kappa shape index (κ1) is 13.0. The van der Waals surface area contributed by atoms with E-state index in [1.165, 1.54) is 11.8 Å². The lowest BCUT2D eigenvalue weighted by atomic mass is 10.3. The fourth-order valence-electron chi connectivity index (χ4n) is 1.27. The quantitative estimate of drug-likeness (QED) is 0.836. The molecule has 0 aromatic heterocycles. The van der Waals surface area contributed by atoms with Crippen LogP contribution < -0.4 is 15.4 Å². The van der Waals surface area contributed by atoms with Gasteiger partial charge in [-0.3, -0.25) is 10.3 Å². The molecule has 1 aromatic rings. The van der Waals surface area contributed by atoms with Crippen LogP contribution >= 0.6 is 23.4 Å². The molecule has 18 heavy (non-hydrogen) atoms. The van der Waals surface area contributed by atoms with Crippen molar-refractivity contribution in [3.05, 3.63) is 29.3 Å². The van der Waals surface area contributed by atoms with E-state index in [1.807, 2.05) is 0 Å². The Labute approximate surface area is 114 Å². The molecule has 0 atom stereocenters. The minimum atomic E-state index is -0.322. The molecule has 2 N–H and O–H groups in total. The molecule has 96 valence electrons. The summed E-state index contributed by atoms with van der Waals surface area (Å²) >= 11 is 7.27. The highest BCUT2D eigenvalue weighted by Crippen LogP contribution is 2.14. The van der Waals surface area contributed by atoms with Gasteiger partial charge in [0.1, 0.15) is 5.75 Å². The number of nitrogens with zero attached hydrogens (tertiary/aromatic N) is 1. The molecule has 0 spiro atoms. The number of aliphatic imine (C=N–C) groups is 1. The third-order valence-electron chi connectivity index (χ3n) is 2.09. The predicted octanol–water partition coefficient (Wildman–Crippen LogP) is 2.08. The Balaban J connectivity index is 1.68. The highest BCUT2D eigenvalue weighted by Gasteiger charge is 2.09. The summed E-state index contributed by atoms with van der Waals surface area (Å²) in [7, 11) is 0. The number of rotatable bonds is 3. The third-order valence-corrected chi connectivity index (χ3v) is 3.23. The number of nitrogens with one attached hydrogen (secondary N) is 2. The van der Waals surface area contributed by atoms with Gasteiger partial charge in [0.25, 0.3) is 0 Å². The van der Waals surface area contributed by atoms with Crippen LogP contribution in [0.1, 0.15) is 0 Å². The monoisotopic (exact) mass is 285 g/mol. The average Bonchev–Trinajstić information content (AvgIpc) is 2.84. The maximum absolute atomic E-state index is 11.4. The first-order valence-corrected chi connectivity index (χ1v) is 6.71. The smallest absolute Gasteiger partial charge is 0.323 e. The number of hydrogen-bond acceptors (Lipinski definition) is 4. The van der Waals surface area contributed by atoms with Crippen LogP contribution in [0.5, 0.6) is 5.75 Å². The first-order chi connectivity index (χ1) is 8.74. The van der Waals surface area contributed by atoms with Gasteiger partial charge in [-0.1, -0.05) is 23.4 Å². The minimum absolute atomic E-state index is 0.0887. The van der Waals surface area contributed by atoms with Gasteiger partial charge in [-0.15, -0.1) is 0 Å². The fraction of sp³-hybridized carbons (Fsp3) is 0.273. The van der Waals surface area contributed by atoms with Crippen molar-refractivity contribution in [2.24, 2.45) is 4.99 Å². The van der Waals surface area contributed by atoms with Gasteiger partial charge in [-0.25, -0.2) is 4.79 Å². The average molecular weight is 286 g/mol. The van der Waals surface area contributed by atoms with Crippen LogP contribution in [0.2, 0.25) is 5.02 Å². The van der Waals surface area contributed by atoms with E-state index in [1.54, 1.807) is 24.3 Å². The van der Waals surface area contributed by atoms with Crippen molar-refractivity contribution in [1.82, 2.24) is 10.6 Å². The molecule has 2 amide bonds. The fourth-order valence-corrected chi connectivity index (χ4v) is 2.12. The molecule has 5 nitrogen and oxygen atoms in total.